The second-order valence-corrected chi connectivity index (χ2v) is 7.45. The molecule has 0 spiro atoms. The van der Waals surface area contributed by atoms with Crippen LogP contribution in [0.2, 0.25) is 0 Å². The Morgan fingerprint density at radius 1 is 0.760 bits per heavy atom. The van der Waals surface area contributed by atoms with Crippen LogP contribution in [0, 0.1) is 17.8 Å². The van der Waals surface area contributed by atoms with Gasteiger partial charge in [-0.1, -0.05) is 0 Å². The quantitative estimate of drug-likeness (QED) is 0.818. The van der Waals surface area contributed by atoms with Crippen molar-refractivity contribution >= 4 is 17.8 Å². The summed E-state index contributed by atoms with van der Waals surface area (Å²) in [5, 5.41) is 9.09. The molecule has 0 bridgehead atoms. The van der Waals surface area contributed by atoms with Gasteiger partial charge >= 0.3 is 5.97 Å². The summed E-state index contributed by atoms with van der Waals surface area (Å²) in [5.74, 6) is -0.973. The molecule has 1 atom stereocenters. The molecule has 2 heterocycles. The lowest BCUT2D eigenvalue weighted by molar-refractivity contribution is -0.148. The Hall–Kier alpha value is -1.63. The van der Waals surface area contributed by atoms with Crippen LogP contribution in [0.1, 0.15) is 38.5 Å². The Morgan fingerprint density at radius 3 is 2.00 bits per heavy atom. The van der Waals surface area contributed by atoms with E-state index in [-0.39, 0.29) is 29.6 Å². The molecule has 0 radical (unpaired) electrons. The lowest BCUT2D eigenvalue weighted by Crippen LogP contribution is -2.50. The van der Waals surface area contributed by atoms with Gasteiger partial charge in [0.25, 0.3) is 0 Å². The summed E-state index contributed by atoms with van der Waals surface area (Å²) in [5.41, 5.74) is 0. The van der Waals surface area contributed by atoms with Crippen molar-refractivity contribution in [3.8, 4) is 0 Å². The lowest BCUT2D eigenvalue weighted by Gasteiger charge is -2.38. The second kappa shape index (κ2) is 8.17. The summed E-state index contributed by atoms with van der Waals surface area (Å²) in [6.45, 7) is 3.69. The summed E-state index contributed by atoms with van der Waals surface area (Å²) in [4.78, 5) is 40.3. The van der Waals surface area contributed by atoms with Crippen LogP contribution in [0.5, 0.6) is 0 Å². The van der Waals surface area contributed by atoms with Crippen LogP contribution in [-0.4, -0.2) is 72.1 Å². The van der Waals surface area contributed by atoms with Gasteiger partial charge in [-0.15, -0.1) is 0 Å². The average Bonchev–Trinajstić information content (AvgIpc) is 2.67. The number of piperidine rings is 1. The van der Waals surface area contributed by atoms with Gasteiger partial charge in [0.05, 0.1) is 25.0 Å². The van der Waals surface area contributed by atoms with Gasteiger partial charge in [0.2, 0.25) is 11.8 Å². The molecule has 7 nitrogen and oxygen atoms in total. The molecule has 2 aliphatic heterocycles. The van der Waals surface area contributed by atoms with Gasteiger partial charge in [-0.05, 0) is 38.5 Å². The maximum atomic E-state index is 12.8. The van der Waals surface area contributed by atoms with Crippen molar-refractivity contribution in [1.29, 1.82) is 0 Å². The number of carboxylic acid groups (broad SMARTS) is 1. The third kappa shape index (κ3) is 4.32. The number of carbonyl (C=O) groups is 3. The van der Waals surface area contributed by atoms with E-state index >= 15 is 0 Å². The number of likely N-dealkylation sites (tertiary alicyclic amines) is 1. The van der Waals surface area contributed by atoms with Crippen molar-refractivity contribution in [3.63, 3.8) is 0 Å². The molecule has 7 heteroatoms. The first kappa shape index (κ1) is 18.2. The van der Waals surface area contributed by atoms with Gasteiger partial charge in [-0.2, -0.15) is 0 Å². The predicted octanol–water partition coefficient (Wildman–Crippen LogP) is 0.975. The van der Waals surface area contributed by atoms with Gasteiger partial charge in [0.1, 0.15) is 0 Å². The molecule has 1 unspecified atom stereocenters. The van der Waals surface area contributed by atoms with E-state index in [2.05, 4.69) is 0 Å². The first-order valence-electron chi connectivity index (χ1n) is 9.44. The molecule has 140 valence electrons. The molecule has 1 saturated carbocycles. The van der Waals surface area contributed by atoms with E-state index in [1.165, 1.54) is 0 Å². The number of ether oxygens (including phenoxy) is 1. The smallest absolute Gasteiger partial charge is 0.306 e. The molecule has 1 N–H and O–H groups in total. The fraction of sp³-hybridized carbons (Fsp3) is 0.833. The number of aliphatic carboxylic acids is 1. The van der Waals surface area contributed by atoms with Gasteiger partial charge < -0.3 is 19.6 Å². The molecule has 0 aromatic carbocycles. The van der Waals surface area contributed by atoms with E-state index in [0.29, 0.717) is 65.1 Å². The minimum Gasteiger partial charge on any atom is -0.481 e. The minimum atomic E-state index is -0.750. The first-order chi connectivity index (χ1) is 12.1. The number of hydrogen-bond acceptors (Lipinski definition) is 4. The fourth-order valence-electron chi connectivity index (χ4n) is 4.27. The Kier molecular flexibility index (Phi) is 5.93. The molecule has 3 rings (SSSR count). The van der Waals surface area contributed by atoms with Crippen molar-refractivity contribution in [2.24, 2.45) is 17.8 Å². The predicted molar refractivity (Wildman–Crippen MR) is 89.8 cm³/mol. The van der Waals surface area contributed by atoms with Crippen LogP contribution in [0.15, 0.2) is 0 Å². The monoisotopic (exact) mass is 352 g/mol. The SMILES string of the molecule is O=C(O)C1CCC(C(=O)N2CCCC(C(=O)N3CCOCC3)C2)CC1. The summed E-state index contributed by atoms with van der Waals surface area (Å²) < 4.78 is 5.30. The van der Waals surface area contributed by atoms with Crippen LogP contribution in [-0.2, 0) is 19.1 Å². The Labute approximate surface area is 148 Å². The van der Waals surface area contributed by atoms with Crippen LogP contribution in [0.3, 0.4) is 0 Å². The number of hydrogen-bond donors (Lipinski definition) is 1. The maximum absolute atomic E-state index is 12.8. The van der Waals surface area contributed by atoms with Gasteiger partial charge in [0, 0.05) is 32.1 Å². The standard InChI is InChI=1S/C18H28N2O5/c21-16(13-3-5-14(6-4-13)18(23)24)20-7-1-2-15(12-20)17(22)19-8-10-25-11-9-19/h13-15H,1-12H2,(H,23,24). The zero-order chi connectivity index (χ0) is 17.8. The van der Waals surface area contributed by atoms with Gasteiger partial charge in [0.15, 0.2) is 0 Å². The molecule has 2 amide bonds. The molecule has 3 aliphatic rings. The molecule has 0 aromatic heterocycles. The molecule has 3 fully saturated rings. The van der Waals surface area contributed by atoms with Crippen molar-refractivity contribution in [2.45, 2.75) is 38.5 Å². The zero-order valence-corrected chi connectivity index (χ0v) is 14.7. The molecule has 25 heavy (non-hydrogen) atoms. The van der Waals surface area contributed by atoms with Crippen molar-refractivity contribution < 1.29 is 24.2 Å². The fourth-order valence-corrected chi connectivity index (χ4v) is 4.27. The highest BCUT2D eigenvalue weighted by atomic mass is 16.5. The summed E-state index contributed by atoms with van der Waals surface area (Å²) in [7, 11) is 0. The largest absolute Gasteiger partial charge is 0.481 e. The Balaban J connectivity index is 1.53. The van der Waals surface area contributed by atoms with Crippen LogP contribution in [0.25, 0.3) is 0 Å². The number of amides is 2. The molecule has 2 saturated heterocycles. The first-order valence-corrected chi connectivity index (χ1v) is 9.44. The van der Waals surface area contributed by atoms with Crippen LogP contribution >= 0.6 is 0 Å². The Bertz CT molecular complexity index is 510. The molecule has 1 aliphatic carbocycles. The molecule has 0 aromatic rings. The molecular formula is C18H28N2O5. The van der Waals surface area contributed by atoms with Gasteiger partial charge in [-0.25, -0.2) is 0 Å². The maximum Gasteiger partial charge on any atom is 0.306 e. The van der Waals surface area contributed by atoms with E-state index in [9.17, 15) is 14.4 Å². The van der Waals surface area contributed by atoms with Crippen molar-refractivity contribution in [1.82, 2.24) is 9.80 Å². The minimum absolute atomic E-state index is 0.0761. The van der Waals surface area contributed by atoms with Gasteiger partial charge in [-0.3, -0.25) is 14.4 Å². The van der Waals surface area contributed by atoms with E-state index in [0.717, 1.165) is 12.8 Å². The number of rotatable bonds is 3. The van der Waals surface area contributed by atoms with E-state index < -0.39 is 5.97 Å². The summed E-state index contributed by atoms with van der Waals surface area (Å²) in [6, 6.07) is 0. The summed E-state index contributed by atoms with van der Waals surface area (Å²) in [6.07, 6.45) is 4.15. The zero-order valence-electron chi connectivity index (χ0n) is 14.7. The highest BCUT2D eigenvalue weighted by molar-refractivity contribution is 5.82. The summed E-state index contributed by atoms with van der Waals surface area (Å²) >= 11 is 0. The number of carbonyl (C=O) groups excluding carboxylic acids is 2. The van der Waals surface area contributed by atoms with Crippen LogP contribution < -0.4 is 0 Å². The number of carboxylic acids is 1. The highest BCUT2D eigenvalue weighted by Gasteiger charge is 2.36. The average molecular weight is 352 g/mol. The Morgan fingerprint density at radius 2 is 1.36 bits per heavy atom. The van der Waals surface area contributed by atoms with E-state index in [1.807, 2.05) is 9.80 Å². The number of nitrogens with zero attached hydrogens (tertiary/aromatic N) is 2. The van der Waals surface area contributed by atoms with Crippen molar-refractivity contribution in [3.05, 3.63) is 0 Å². The molecular weight excluding hydrogens is 324 g/mol. The van der Waals surface area contributed by atoms with Crippen LogP contribution in [0.4, 0.5) is 0 Å². The normalized spacial score (nSPS) is 30.8. The second-order valence-electron chi connectivity index (χ2n) is 7.45. The van der Waals surface area contributed by atoms with Crippen molar-refractivity contribution in [2.75, 3.05) is 39.4 Å². The van der Waals surface area contributed by atoms with E-state index in [1.54, 1.807) is 0 Å². The highest BCUT2D eigenvalue weighted by Crippen LogP contribution is 2.31. The lowest BCUT2D eigenvalue weighted by atomic mass is 9.81. The third-order valence-electron chi connectivity index (χ3n) is 5.83. The topological polar surface area (TPSA) is 87.2 Å². The van der Waals surface area contributed by atoms with E-state index in [4.69, 9.17) is 9.84 Å². The number of morpholine rings is 1. The third-order valence-corrected chi connectivity index (χ3v) is 5.83.